The zero-order valence-corrected chi connectivity index (χ0v) is 6.90. The van der Waals surface area contributed by atoms with Crippen LogP contribution in [0.2, 0.25) is 0 Å². The van der Waals surface area contributed by atoms with Crippen molar-refractivity contribution in [2.75, 3.05) is 6.61 Å². The Kier molecular flexibility index (Phi) is 4.78. The van der Waals surface area contributed by atoms with Crippen molar-refractivity contribution in [1.82, 2.24) is 0 Å². The Balaban J connectivity index is 2.91. The average Bonchev–Trinajstić information content (AvgIpc) is 1.63. The van der Waals surface area contributed by atoms with Crippen molar-refractivity contribution in [2.24, 2.45) is 0 Å². The Labute approximate surface area is 58.4 Å². The molecule has 0 rings (SSSR count). The van der Waals surface area contributed by atoms with Crippen LogP contribution >= 0.6 is 0 Å². The molecule has 0 aromatic rings. The quantitative estimate of drug-likeness (QED) is 0.566. The van der Waals surface area contributed by atoms with Crippen LogP contribution in [0.15, 0.2) is 0 Å². The maximum absolute atomic E-state index is 5.33. The van der Waals surface area contributed by atoms with E-state index in [0.717, 1.165) is 13.0 Å². The van der Waals surface area contributed by atoms with Gasteiger partial charge >= 0.3 is 0 Å². The fraction of sp³-hybridized carbons (Fsp3) is 0.875. The molecule has 1 heteroatoms. The summed E-state index contributed by atoms with van der Waals surface area (Å²) in [6.07, 6.45) is 1.47. The molecular formula is C8H17O. The van der Waals surface area contributed by atoms with Gasteiger partial charge in [0.1, 0.15) is 0 Å². The minimum Gasteiger partial charge on any atom is -0.379 e. The first-order valence-electron chi connectivity index (χ1n) is 3.53. The van der Waals surface area contributed by atoms with Gasteiger partial charge in [-0.15, -0.1) is 0 Å². The first kappa shape index (κ1) is 8.96. The van der Waals surface area contributed by atoms with Crippen LogP contribution in [-0.4, -0.2) is 12.7 Å². The summed E-state index contributed by atoms with van der Waals surface area (Å²) in [6, 6.07) is 0. The Morgan fingerprint density at radius 1 is 1.33 bits per heavy atom. The molecule has 0 amide bonds. The van der Waals surface area contributed by atoms with Gasteiger partial charge in [-0.05, 0) is 26.2 Å². The summed E-state index contributed by atoms with van der Waals surface area (Å²) in [6.45, 7) is 9.25. The van der Waals surface area contributed by atoms with E-state index in [9.17, 15) is 0 Å². The van der Waals surface area contributed by atoms with Crippen molar-refractivity contribution in [3.8, 4) is 0 Å². The van der Waals surface area contributed by atoms with Crippen LogP contribution in [0, 0.1) is 5.92 Å². The molecular weight excluding hydrogens is 112 g/mol. The molecule has 0 saturated carbocycles. The second-order valence-corrected chi connectivity index (χ2v) is 2.88. The van der Waals surface area contributed by atoms with E-state index in [1.165, 1.54) is 5.92 Å². The molecule has 0 bridgehead atoms. The van der Waals surface area contributed by atoms with Gasteiger partial charge in [0.25, 0.3) is 0 Å². The lowest BCUT2D eigenvalue weighted by Crippen LogP contribution is -2.05. The second kappa shape index (κ2) is 4.80. The van der Waals surface area contributed by atoms with Gasteiger partial charge in [0.05, 0.1) is 6.10 Å². The summed E-state index contributed by atoms with van der Waals surface area (Å²) in [5.74, 6) is 1.44. The van der Waals surface area contributed by atoms with Gasteiger partial charge in [0, 0.05) is 6.61 Å². The molecule has 0 aromatic carbocycles. The highest BCUT2D eigenvalue weighted by atomic mass is 16.5. The Morgan fingerprint density at radius 2 is 1.89 bits per heavy atom. The molecule has 1 radical (unpaired) electrons. The summed E-state index contributed by atoms with van der Waals surface area (Å²) in [5, 5.41) is 0. The monoisotopic (exact) mass is 129 g/mol. The lowest BCUT2D eigenvalue weighted by atomic mass is 10.1. The predicted octanol–water partition coefficient (Wildman–Crippen LogP) is 2.42. The van der Waals surface area contributed by atoms with E-state index in [-0.39, 0.29) is 0 Å². The fourth-order valence-corrected chi connectivity index (χ4v) is 0.499. The van der Waals surface area contributed by atoms with Gasteiger partial charge in [-0.2, -0.15) is 0 Å². The minimum absolute atomic E-state index is 0.379. The average molecular weight is 129 g/mol. The smallest absolute Gasteiger partial charge is 0.0518 e. The third-order valence-electron chi connectivity index (χ3n) is 1.05. The molecule has 0 aromatic heterocycles. The van der Waals surface area contributed by atoms with Crippen LogP contribution < -0.4 is 0 Å². The number of ether oxygens (including phenoxy) is 1. The minimum atomic E-state index is 0.379. The van der Waals surface area contributed by atoms with Gasteiger partial charge in [0.15, 0.2) is 0 Å². The van der Waals surface area contributed by atoms with E-state index in [4.69, 9.17) is 4.74 Å². The maximum Gasteiger partial charge on any atom is 0.0518 e. The molecule has 0 fully saturated rings. The molecule has 0 aliphatic heterocycles. The van der Waals surface area contributed by atoms with Crippen molar-refractivity contribution in [3.63, 3.8) is 0 Å². The van der Waals surface area contributed by atoms with Gasteiger partial charge in [-0.3, -0.25) is 0 Å². The maximum atomic E-state index is 5.33. The summed E-state index contributed by atoms with van der Waals surface area (Å²) in [5.41, 5.74) is 0. The largest absolute Gasteiger partial charge is 0.379 e. The summed E-state index contributed by atoms with van der Waals surface area (Å²) in [7, 11) is 0. The van der Waals surface area contributed by atoms with E-state index < -0.39 is 0 Å². The summed E-state index contributed by atoms with van der Waals surface area (Å²) in [4.78, 5) is 0. The summed E-state index contributed by atoms with van der Waals surface area (Å²) < 4.78 is 5.33. The fourth-order valence-electron chi connectivity index (χ4n) is 0.499. The predicted molar refractivity (Wildman–Crippen MR) is 40.3 cm³/mol. The third kappa shape index (κ3) is 7.96. The zero-order valence-electron chi connectivity index (χ0n) is 6.90. The SMILES string of the molecule is C[C](C)CCOC(C)C. The van der Waals surface area contributed by atoms with Crippen molar-refractivity contribution in [1.29, 1.82) is 0 Å². The number of rotatable bonds is 4. The van der Waals surface area contributed by atoms with E-state index in [1.807, 2.05) is 0 Å². The number of hydrogen-bond donors (Lipinski definition) is 0. The Hall–Kier alpha value is -0.0400. The van der Waals surface area contributed by atoms with Crippen LogP contribution in [0.3, 0.4) is 0 Å². The molecule has 1 nitrogen and oxygen atoms in total. The van der Waals surface area contributed by atoms with E-state index in [0.29, 0.717) is 6.10 Å². The molecule has 0 aliphatic rings. The molecule has 0 spiro atoms. The van der Waals surface area contributed by atoms with Crippen molar-refractivity contribution in [3.05, 3.63) is 5.92 Å². The first-order chi connectivity index (χ1) is 4.13. The van der Waals surface area contributed by atoms with E-state index >= 15 is 0 Å². The van der Waals surface area contributed by atoms with E-state index in [1.54, 1.807) is 0 Å². The van der Waals surface area contributed by atoms with Crippen LogP contribution in [0.25, 0.3) is 0 Å². The molecule has 0 heterocycles. The molecule has 0 atom stereocenters. The summed E-state index contributed by atoms with van der Waals surface area (Å²) >= 11 is 0. The van der Waals surface area contributed by atoms with Gasteiger partial charge in [0.2, 0.25) is 0 Å². The topological polar surface area (TPSA) is 9.23 Å². The standard InChI is InChI=1S/C8H17O/c1-7(2)5-6-9-8(3)4/h8H,5-6H2,1-4H3. The highest BCUT2D eigenvalue weighted by Crippen LogP contribution is 2.02. The van der Waals surface area contributed by atoms with Gasteiger partial charge in [-0.1, -0.05) is 13.8 Å². The first-order valence-corrected chi connectivity index (χ1v) is 3.53. The molecule has 9 heavy (non-hydrogen) atoms. The lowest BCUT2D eigenvalue weighted by Gasteiger charge is -2.07. The second-order valence-electron chi connectivity index (χ2n) is 2.88. The van der Waals surface area contributed by atoms with Crippen LogP contribution in [0.1, 0.15) is 34.1 Å². The van der Waals surface area contributed by atoms with Crippen LogP contribution in [0.4, 0.5) is 0 Å². The molecule has 0 aliphatic carbocycles. The van der Waals surface area contributed by atoms with Crippen molar-refractivity contribution >= 4 is 0 Å². The molecule has 55 valence electrons. The highest BCUT2D eigenvalue weighted by molar-refractivity contribution is 4.75. The molecule has 0 saturated heterocycles. The van der Waals surface area contributed by atoms with Crippen molar-refractivity contribution < 1.29 is 4.74 Å². The highest BCUT2D eigenvalue weighted by Gasteiger charge is 1.95. The van der Waals surface area contributed by atoms with Crippen LogP contribution in [-0.2, 0) is 4.74 Å². The Bertz CT molecular complexity index is 49.6. The van der Waals surface area contributed by atoms with Gasteiger partial charge < -0.3 is 4.74 Å². The van der Waals surface area contributed by atoms with Crippen molar-refractivity contribution in [2.45, 2.75) is 40.2 Å². The molecule has 0 N–H and O–H groups in total. The van der Waals surface area contributed by atoms with E-state index in [2.05, 4.69) is 27.7 Å². The normalized spacial score (nSPS) is 11.3. The third-order valence-corrected chi connectivity index (χ3v) is 1.05. The molecule has 0 unspecified atom stereocenters. The number of hydrogen-bond acceptors (Lipinski definition) is 1. The lowest BCUT2D eigenvalue weighted by molar-refractivity contribution is 0.0790. The van der Waals surface area contributed by atoms with Gasteiger partial charge in [-0.25, -0.2) is 0 Å². The Morgan fingerprint density at radius 3 is 2.22 bits per heavy atom. The zero-order chi connectivity index (χ0) is 7.28. The van der Waals surface area contributed by atoms with Crippen LogP contribution in [0.5, 0.6) is 0 Å².